The lowest BCUT2D eigenvalue weighted by Gasteiger charge is -1.92. The van der Waals surface area contributed by atoms with Gasteiger partial charge in [0.2, 0.25) is 0 Å². The third kappa shape index (κ3) is 3.02. The van der Waals surface area contributed by atoms with Gasteiger partial charge in [-0.2, -0.15) is 0 Å². The molecule has 0 aliphatic carbocycles. The summed E-state index contributed by atoms with van der Waals surface area (Å²) in [5.41, 5.74) is 0.446. The minimum atomic E-state index is -1.54. The van der Waals surface area contributed by atoms with E-state index in [9.17, 15) is 19.7 Å². The molecule has 0 heterocycles. The van der Waals surface area contributed by atoms with Crippen LogP contribution in [0, 0.1) is 10.1 Å². The molecule has 0 unspecified atom stereocenters. The second-order valence-electron chi connectivity index (χ2n) is 2.85. The molecule has 0 spiro atoms. The van der Waals surface area contributed by atoms with Gasteiger partial charge in [0, 0.05) is 12.1 Å². The van der Waals surface area contributed by atoms with Crippen LogP contribution >= 0.6 is 0 Å². The zero-order valence-corrected chi connectivity index (χ0v) is 7.99. The molecular formula is C10H7NO5. The predicted molar refractivity (Wildman–Crippen MR) is 54.8 cm³/mol. The Morgan fingerprint density at radius 2 is 1.81 bits per heavy atom. The number of hydrogen-bond donors (Lipinski definition) is 1. The number of benzene rings is 1. The molecule has 0 aliphatic rings. The highest BCUT2D eigenvalue weighted by Gasteiger charge is 2.06. The first-order chi connectivity index (χ1) is 7.50. The quantitative estimate of drug-likeness (QED) is 0.357. The number of nitro benzene ring substituents is 1. The van der Waals surface area contributed by atoms with Crippen LogP contribution in [-0.2, 0) is 9.59 Å². The summed E-state index contributed by atoms with van der Waals surface area (Å²) in [6, 6.07) is 5.38. The summed E-state index contributed by atoms with van der Waals surface area (Å²) in [5, 5.41) is 18.6. The molecule has 0 radical (unpaired) electrons. The third-order valence-electron chi connectivity index (χ3n) is 1.74. The van der Waals surface area contributed by atoms with E-state index < -0.39 is 16.7 Å². The summed E-state index contributed by atoms with van der Waals surface area (Å²) in [6.07, 6.45) is 2.17. The van der Waals surface area contributed by atoms with Crippen LogP contribution in [0.4, 0.5) is 5.69 Å². The summed E-state index contributed by atoms with van der Waals surface area (Å²) in [6.45, 7) is 0. The van der Waals surface area contributed by atoms with E-state index in [1.807, 2.05) is 0 Å². The fraction of sp³-hybridized carbons (Fsp3) is 0. The maximum absolute atomic E-state index is 10.7. The lowest BCUT2D eigenvalue weighted by molar-refractivity contribution is -0.384. The maximum Gasteiger partial charge on any atom is 0.376 e. The highest BCUT2D eigenvalue weighted by Crippen LogP contribution is 2.12. The van der Waals surface area contributed by atoms with Crippen molar-refractivity contribution in [3.63, 3.8) is 0 Å². The molecule has 1 aromatic carbocycles. The number of aliphatic carboxylic acids is 1. The smallest absolute Gasteiger partial charge is 0.376 e. The first-order valence-corrected chi connectivity index (χ1v) is 4.20. The van der Waals surface area contributed by atoms with E-state index in [-0.39, 0.29) is 5.69 Å². The summed E-state index contributed by atoms with van der Waals surface area (Å²) >= 11 is 0. The number of carbonyl (C=O) groups excluding carboxylic acids is 1. The van der Waals surface area contributed by atoms with Crippen LogP contribution in [0.15, 0.2) is 30.3 Å². The summed E-state index contributed by atoms with van der Waals surface area (Å²) in [4.78, 5) is 30.6. The molecule has 0 aliphatic heterocycles. The fourth-order valence-corrected chi connectivity index (χ4v) is 0.950. The van der Waals surface area contributed by atoms with E-state index in [1.54, 1.807) is 0 Å². The first kappa shape index (κ1) is 11.6. The normalized spacial score (nSPS) is 10.2. The van der Waals surface area contributed by atoms with Crippen molar-refractivity contribution in [2.45, 2.75) is 0 Å². The Kier molecular flexibility index (Phi) is 3.49. The van der Waals surface area contributed by atoms with Crippen LogP contribution in [0.25, 0.3) is 6.08 Å². The number of carboxylic acids is 1. The van der Waals surface area contributed by atoms with Crippen LogP contribution in [0.2, 0.25) is 0 Å². The van der Waals surface area contributed by atoms with E-state index in [0.29, 0.717) is 5.56 Å². The molecule has 0 saturated heterocycles. The SMILES string of the molecule is O=C(O)C(=O)/C=C/c1ccc([N+](=O)[O-])cc1. The van der Waals surface area contributed by atoms with Crippen molar-refractivity contribution >= 4 is 23.5 Å². The van der Waals surface area contributed by atoms with Gasteiger partial charge in [0.25, 0.3) is 11.5 Å². The van der Waals surface area contributed by atoms with Crippen molar-refractivity contribution < 1.29 is 19.6 Å². The zero-order chi connectivity index (χ0) is 12.1. The topological polar surface area (TPSA) is 97.5 Å². The molecule has 0 atom stereocenters. The number of rotatable bonds is 4. The van der Waals surface area contributed by atoms with Crippen molar-refractivity contribution in [1.82, 2.24) is 0 Å². The number of carboxylic acid groups (broad SMARTS) is 1. The Hall–Kier alpha value is -2.50. The molecule has 0 bridgehead atoms. The minimum absolute atomic E-state index is 0.0679. The van der Waals surface area contributed by atoms with E-state index in [0.717, 1.165) is 6.08 Å². The molecule has 82 valence electrons. The maximum atomic E-state index is 10.7. The molecule has 1 rings (SSSR count). The van der Waals surface area contributed by atoms with Crippen molar-refractivity contribution in [2.75, 3.05) is 0 Å². The van der Waals surface area contributed by atoms with Gasteiger partial charge >= 0.3 is 5.97 Å². The number of hydrogen-bond acceptors (Lipinski definition) is 4. The lowest BCUT2D eigenvalue weighted by Crippen LogP contribution is -2.08. The second kappa shape index (κ2) is 4.83. The Morgan fingerprint density at radius 3 is 2.25 bits per heavy atom. The van der Waals surface area contributed by atoms with Gasteiger partial charge in [-0.1, -0.05) is 6.08 Å². The molecule has 6 heteroatoms. The largest absolute Gasteiger partial charge is 0.475 e. The molecule has 0 fully saturated rings. The standard InChI is InChI=1S/C10H7NO5/c12-9(10(13)14)6-3-7-1-4-8(5-2-7)11(15)16/h1-6H,(H,13,14)/b6-3+. The summed E-state index contributed by atoms with van der Waals surface area (Å²) in [5.74, 6) is -2.59. The molecule has 6 nitrogen and oxygen atoms in total. The van der Waals surface area contributed by atoms with Crippen molar-refractivity contribution in [2.24, 2.45) is 0 Å². The summed E-state index contributed by atoms with van der Waals surface area (Å²) < 4.78 is 0. The number of ketones is 1. The number of non-ortho nitro benzene ring substituents is 1. The Morgan fingerprint density at radius 1 is 1.25 bits per heavy atom. The van der Waals surface area contributed by atoms with E-state index in [1.165, 1.54) is 30.3 Å². The molecule has 0 amide bonds. The van der Waals surface area contributed by atoms with Crippen molar-refractivity contribution in [3.8, 4) is 0 Å². The van der Waals surface area contributed by atoms with Crippen molar-refractivity contribution in [3.05, 3.63) is 46.0 Å². The van der Waals surface area contributed by atoms with Gasteiger partial charge in [-0.05, 0) is 23.8 Å². The fourth-order valence-electron chi connectivity index (χ4n) is 0.950. The Labute approximate surface area is 90.0 Å². The zero-order valence-electron chi connectivity index (χ0n) is 7.99. The lowest BCUT2D eigenvalue weighted by atomic mass is 10.2. The van der Waals surface area contributed by atoms with Crippen molar-refractivity contribution in [1.29, 1.82) is 0 Å². The Balaban J connectivity index is 2.80. The van der Waals surface area contributed by atoms with E-state index in [4.69, 9.17) is 5.11 Å². The van der Waals surface area contributed by atoms with Crippen LogP contribution in [0.1, 0.15) is 5.56 Å². The van der Waals surface area contributed by atoms with E-state index in [2.05, 4.69) is 0 Å². The predicted octanol–water partition coefficient (Wildman–Crippen LogP) is 1.26. The highest BCUT2D eigenvalue weighted by atomic mass is 16.6. The van der Waals surface area contributed by atoms with Crippen LogP contribution in [0.5, 0.6) is 0 Å². The number of nitro groups is 1. The highest BCUT2D eigenvalue weighted by molar-refractivity contribution is 6.38. The van der Waals surface area contributed by atoms with Gasteiger partial charge in [0.15, 0.2) is 0 Å². The minimum Gasteiger partial charge on any atom is -0.475 e. The van der Waals surface area contributed by atoms with Gasteiger partial charge in [0.1, 0.15) is 0 Å². The molecule has 16 heavy (non-hydrogen) atoms. The molecule has 1 aromatic rings. The average molecular weight is 221 g/mol. The van der Waals surface area contributed by atoms with Gasteiger partial charge < -0.3 is 5.11 Å². The number of carbonyl (C=O) groups is 2. The molecule has 0 aromatic heterocycles. The van der Waals surface area contributed by atoms with Gasteiger partial charge in [0.05, 0.1) is 4.92 Å². The summed E-state index contributed by atoms with van der Waals surface area (Å²) in [7, 11) is 0. The monoisotopic (exact) mass is 221 g/mol. The van der Waals surface area contributed by atoms with Crippen LogP contribution < -0.4 is 0 Å². The van der Waals surface area contributed by atoms with Gasteiger partial charge in [-0.15, -0.1) is 0 Å². The van der Waals surface area contributed by atoms with E-state index >= 15 is 0 Å². The van der Waals surface area contributed by atoms with Crippen LogP contribution in [0.3, 0.4) is 0 Å². The Bertz CT molecular complexity index is 461. The van der Waals surface area contributed by atoms with Crippen LogP contribution in [-0.4, -0.2) is 21.8 Å². The third-order valence-corrected chi connectivity index (χ3v) is 1.74. The molecular weight excluding hydrogens is 214 g/mol. The first-order valence-electron chi connectivity index (χ1n) is 4.20. The average Bonchev–Trinajstić information content (AvgIpc) is 2.26. The second-order valence-corrected chi connectivity index (χ2v) is 2.85. The van der Waals surface area contributed by atoms with Gasteiger partial charge in [-0.3, -0.25) is 14.9 Å². The number of nitrogens with zero attached hydrogens (tertiary/aromatic N) is 1. The molecule has 1 N–H and O–H groups in total. The van der Waals surface area contributed by atoms with Gasteiger partial charge in [-0.25, -0.2) is 4.79 Å². The molecule has 0 saturated carbocycles.